The standard InChI is InChI=1S/C16H15FO3/c1-19-14-6-8-15(9-7-14)20-11-10-16(18)12-2-4-13(17)5-3-12/h2-9H,10-11H2,1H3. The number of ether oxygens (including phenoxy) is 2. The number of carbonyl (C=O) groups is 1. The molecule has 0 atom stereocenters. The fourth-order valence-electron chi connectivity index (χ4n) is 1.71. The maximum absolute atomic E-state index is 12.7. The summed E-state index contributed by atoms with van der Waals surface area (Å²) in [6.45, 7) is 0.280. The Morgan fingerprint density at radius 3 is 2.20 bits per heavy atom. The quantitative estimate of drug-likeness (QED) is 0.756. The van der Waals surface area contributed by atoms with Gasteiger partial charge in [0.25, 0.3) is 0 Å². The minimum Gasteiger partial charge on any atom is -0.497 e. The molecule has 0 saturated carbocycles. The molecule has 2 aromatic rings. The minimum absolute atomic E-state index is 0.0708. The van der Waals surface area contributed by atoms with Gasteiger partial charge in [0, 0.05) is 12.0 Å². The fourth-order valence-corrected chi connectivity index (χ4v) is 1.71. The van der Waals surface area contributed by atoms with Gasteiger partial charge in [-0.15, -0.1) is 0 Å². The molecule has 0 heterocycles. The zero-order valence-electron chi connectivity index (χ0n) is 11.1. The summed E-state index contributed by atoms with van der Waals surface area (Å²) in [5, 5.41) is 0. The van der Waals surface area contributed by atoms with Crippen LogP contribution in [0.4, 0.5) is 4.39 Å². The maximum Gasteiger partial charge on any atom is 0.166 e. The molecule has 0 fully saturated rings. The third-order valence-corrected chi connectivity index (χ3v) is 2.82. The summed E-state index contributed by atoms with van der Waals surface area (Å²) < 4.78 is 23.2. The molecule has 0 amide bonds. The van der Waals surface area contributed by atoms with Crippen molar-refractivity contribution in [2.24, 2.45) is 0 Å². The van der Waals surface area contributed by atoms with Gasteiger partial charge in [0.05, 0.1) is 13.7 Å². The van der Waals surface area contributed by atoms with Crippen molar-refractivity contribution < 1.29 is 18.7 Å². The molecule has 0 aliphatic heterocycles. The van der Waals surface area contributed by atoms with Gasteiger partial charge in [0.15, 0.2) is 5.78 Å². The first-order chi connectivity index (χ1) is 9.69. The van der Waals surface area contributed by atoms with Gasteiger partial charge in [-0.3, -0.25) is 4.79 Å². The lowest BCUT2D eigenvalue weighted by Crippen LogP contribution is -2.06. The van der Waals surface area contributed by atoms with Gasteiger partial charge in [-0.1, -0.05) is 0 Å². The summed E-state index contributed by atoms with van der Waals surface area (Å²) in [4.78, 5) is 11.8. The zero-order chi connectivity index (χ0) is 14.4. The molecule has 0 bridgehead atoms. The van der Waals surface area contributed by atoms with Gasteiger partial charge in [-0.2, -0.15) is 0 Å². The van der Waals surface area contributed by atoms with Crippen molar-refractivity contribution in [1.82, 2.24) is 0 Å². The molecule has 2 aromatic carbocycles. The van der Waals surface area contributed by atoms with E-state index in [1.54, 1.807) is 31.4 Å². The van der Waals surface area contributed by atoms with Crippen molar-refractivity contribution >= 4 is 5.78 Å². The van der Waals surface area contributed by atoms with Crippen LogP contribution in [0.15, 0.2) is 48.5 Å². The van der Waals surface area contributed by atoms with Crippen molar-refractivity contribution in [2.45, 2.75) is 6.42 Å². The molecule has 0 aromatic heterocycles. The largest absolute Gasteiger partial charge is 0.497 e. The van der Waals surface area contributed by atoms with E-state index in [4.69, 9.17) is 9.47 Å². The van der Waals surface area contributed by atoms with E-state index in [2.05, 4.69) is 0 Å². The smallest absolute Gasteiger partial charge is 0.166 e. The first-order valence-corrected chi connectivity index (χ1v) is 6.24. The van der Waals surface area contributed by atoms with Crippen LogP contribution in [-0.2, 0) is 0 Å². The number of benzene rings is 2. The van der Waals surface area contributed by atoms with E-state index >= 15 is 0 Å². The van der Waals surface area contributed by atoms with E-state index < -0.39 is 0 Å². The first kappa shape index (κ1) is 14.1. The van der Waals surface area contributed by atoms with E-state index in [0.29, 0.717) is 11.3 Å². The highest BCUT2D eigenvalue weighted by molar-refractivity contribution is 5.96. The Morgan fingerprint density at radius 1 is 1.00 bits per heavy atom. The minimum atomic E-state index is -0.351. The lowest BCUT2D eigenvalue weighted by Gasteiger charge is -2.06. The van der Waals surface area contributed by atoms with E-state index in [0.717, 1.165) is 5.75 Å². The van der Waals surface area contributed by atoms with Gasteiger partial charge in [0.2, 0.25) is 0 Å². The topological polar surface area (TPSA) is 35.5 Å². The van der Waals surface area contributed by atoms with Crippen LogP contribution in [-0.4, -0.2) is 19.5 Å². The van der Waals surface area contributed by atoms with Gasteiger partial charge in [-0.25, -0.2) is 4.39 Å². The second-order valence-corrected chi connectivity index (χ2v) is 4.20. The fraction of sp³-hybridized carbons (Fsp3) is 0.188. The Hall–Kier alpha value is -2.36. The first-order valence-electron chi connectivity index (χ1n) is 6.24. The summed E-state index contributed by atoms with van der Waals surface area (Å²) in [6, 6.07) is 12.6. The summed E-state index contributed by atoms with van der Waals surface area (Å²) in [5.41, 5.74) is 0.490. The van der Waals surface area contributed by atoms with E-state index in [-0.39, 0.29) is 24.6 Å². The molecule has 0 unspecified atom stereocenters. The predicted molar refractivity (Wildman–Crippen MR) is 73.8 cm³/mol. The number of carbonyl (C=O) groups excluding carboxylic acids is 1. The van der Waals surface area contributed by atoms with Gasteiger partial charge >= 0.3 is 0 Å². The summed E-state index contributed by atoms with van der Waals surface area (Å²) in [5.74, 6) is 1.01. The predicted octanol–water partition coefficient (Wildman–Crippen LogP) is 3.49. The Bertz CT molecular complexity index is 561. The highest BCUT2D eigenvalue weighted by atomic mass is 19.1. The molecular weight excluding hydrogens is 259 g/mol. The van der Waals surface area contributed by atoms with Crippen LogP contribution in [0.5, 0.6) is 11.5 Å². The zero-order valence-corrected chi connectivity index (χ0v) is 11.1. The summed E-state index contributed by atoms with van der Waals surface area (Å²) in [6.07, 6.45) is 0.248. The average molecular weight is 274 g/mol. The number of methoxy groups -OCH3 is 1. The second-order valence-electron chi connectivity index (χ2n) is 4.20. The van der Waals surface area contributed by atoms with Crippen LogP contribution in [0, 0.1) is 5.82 Å². The van der Waals surface area contributed by atoms with Crippen LogP contribution in [0.25, 0.3) is 0 Å². The van der Waals surface area contributed by atoms with E-state index in [9.17, 15) is 9.18 Å². The Kier molecular flexibility index (Phi) is 4.71. The molecule has 0 spiro atoms. The number of halogens is 1. The van der Waals surface area contributed by atoms with Gasteiger partial charge in [0.1, 0.15) is 17.3 Å². The number of Topliss-reactive ketones (excluding diaryl/α,β-unsaturated/α-hetero) is 1. The van der Waals surface area contributed by atoms with Crippen molar-refractivity contribution in [2.75, 3.05) is 13.7 Å². The van der Waals surface area contributed by atoms with Crippen molar-refractivity contribution in [3.8, 4) is 11.5 Å². The number of rotatable bonds is 6. The normalized spacial score (nSPS) is 10.1. The third-order valence-electron chi connectivity index (χ3n) is 2.82. The van der Waals surface area contributed by atoms with Crippen molar-refractivity contribution in [3.05, 3.63) is 59.9 Å². The van der Waals surface area contributed by atoms with Crippen LogP contribution in [0.2, 0.25) is 0 Å². The molecule has 0 radical (unpaired) electrons. The number of hydrogen-bond donors (Lipinski definition) is 0. The van der Waals surface area contributed by atoms with Gasteiger partial charge < -0.3 is 9.47 Å². The number of ketones is 1. The summed E-state index contributed by atoms with van der Waals surface area (Å²) >= 11 is 0. The highest BCUT2D eigenvalue weighted by Gasteiger charge is 2.06. The molecule has 104 valence electrons. The molecule has 4 heteroatoms. The molecule has 0 aliphatic carbocycles. The van der Waals surface area contributed by atoms with Gasteiger partial charge in [-0.05, 0) is 48.5 Å². The van der Waals surface area contributed by atoms with Crippen LogP contribution < -0.4 is 9.47 Å². The summed E-state index contributed by atoms with van der Waals surface area (Å²) in [7, 11) is 1.59. The van der Waals surface area contributed by atoms with E-state index in [1.807, 2.05) is 0 Å². The molecule has 20 heavy (non-hydrogen) atoms. The molecule has 0 aliphatic rings. The molecule has 0 saturated heterocycles. The Labute approximate surface area is 117 Å². The lowest BCUT2D eigenvalue weighted by molar-refractivity contribution is 0.0962. The Morgan fingerprint density at radius 2 is 1.60 bits per heavy atom. The monoisotopic (exact) mass is 274 g/mol. The average Bonchev–Trinajstić information content (AvgIpc) is 2.48. The Balaban J connectivity index is 1.82. The highest BCUT2D eigenvalue weighted by Crippen LogP contribution is 2.17. The van der Waals surface area contributed by atoms with Crippen molar-refractivity contribution in [1.29, 1.82) is 0 Å². The molecular formula is C16H15FO3. The maximum atomic E-state index is 12.7. The lowest BCUT2D eigenvalue weighted by atomic mass is 10.1. The molecule has 2 rings (SSSR count). The van der Waals surface area contributed by atoms with Crippen LogP contribution >= 0.6 is 0 Å². The van der Waals surface area contributed by atoms with Crippen LogP contribution in [0.3, 0.4) is 0 Å². The van der Waals surface area contributed by atoms with Crippen molar-refractivity contribution in [3.63, 3.8) is 0 Å². The third kappa shape index (κ3) is 3.82. The van der Waals surface area contributed by atoms with E-state index in [1.165, 1.54) is 24.3 Å². The van der Waals surface area contributed by atoms with Crippen LogP contribution in [0.1, 0.15) is 16.8 Å². The number of hydrogen-bond acceptors (Lipinski definition) is 3. The SMILES string of the molecule is COc1ccc(OCCC(=O)c2ccc(F)cc2)cc1. The molecule has 0 N–H and O–H groups in total. The molecule has 3 nitrogen and oxygen atoms in total. The second kappa shape index (κ2) is 6.70.